The molecule has 0 aromatic carbocycles. The van der Waals surface area contributed by atoms with Crippen LogP contribution in [-0.2, 0) is 4.74 Å². The molecule has 15 heavy (non-hydrogen) atoms. The standard InChI is InChI=1S/C12H26N2O/c1-4-14(3)10-11(2)13-8-7-12-6-5-9-15-12/h11-13H,4-10H2,1-3H3. The Morgan fingerprint density at radius 3 is 2.93 bits per heavy atom. The zero-order chi connectivity index (χ0) is 11.1. The summed E-state index contributed by atoms with van der Waals surface area (Å²) in [7, 11) is 2.16. The van der Waals surface area contributed by atoms with Gasteiger partial charge in [-0.15, -0.1) is 0 Å². The normalized spacial score (nSPS) is 23.6. The van der Waals surface area contributed by atoms with E-state index in [9.17, 15) is 0 Å². The molecule has 0 radical (unpaired) electrons. The Morgan fingerprint density at radius 2 is 2.33 bits per heavy atom. The quantitative estimate of drug-likeness (QED) is 0.695. The van der Waals surface area contributed by atoms with Gasteiger partial charge in [0.15, 0.2) is 0 Å². The Kier molecular flexibility index (Phi) is 6.22. The van der Waals surface area contributed by atoms with Crippen LogP contribution in [0.5, 0.6) is 0 Å². The monoisotopic (exact) mass is 214 g/mol. The third-order valence-electron chi connectivity index (χ3n) is 3.11. The summed E-state index contributed by atoms with van der Waals surface area (Å²) < 4.78 is 5.59. The summed E-state index contributed by atoms with van der Waals surface area (Å²) in [6, 6.07) is 0.580. The second-order valence-corrected chi connectivity index (χ2v) is 4.63. The van der Waals surface area contributed by atoms with Crippen molar-refractivity contribution in [3.8, 4) is 0 Å². The molecule has 1 fully saturated rings. The van der Waals surface area contributed by atoms with Crippen molar-refractivity contribution in [2.75, 3.05) is 33.3 Å². The lowest BCUT2D eigenvalue weighted by Gasteiger charge is -2.21. The molecule has 1 rings (SSSR count). The van der Waals surface area contributed by atoms with Crippen LogP contribution < -0.4 is 5.32 Å². The summed E-state index contributed by atoms with van der Waals surface area (Å²) in [6.45, 7) is 8.75. The number of nitrogens with zero attached hydrogens (tertiary/aromatic N) is 1. The molecule has 1 aliphatic heterocycles. The minimum atomic E-state index is 0.522. The molecule has 0 amide bonds. The van der Waals surface area contributed by atoms with E-state index < -0.39 is 0 Å². The fraction of sp³-hybridized carbons (Fsp3) is 1.00. The Bertz CT molecular complexity index is 158. The topological polar surface area (TPSA) is 24.5 Å². The lowest BCUT2D eigenvalue weighted by molar-refractivity contribution is 0.103. The van der Waals surface area contributed by atoms with Gasteiger partial charge >= 0.3 is 0 Å². The molecule has 1 N–H and O–H groups in total. The second kappa shape index (κ2) is 7.20. The highest BCUT2D eigenvalue weighted by Crippen LogP contribution is 2.14. The van der Waals surface area contributed by atoms with Gasteiger partial charge in [-0.2, -0.15) is 0 Å². The summed E-state index contributed by atoms with van der Waals surface area (Å²) in [6.07, 6.45) is 4.19. The van der Waals surface area contributed by atoms with Crippen LogP contribution in [0.25, 0.3) is 0 Å². The predicted octanol–water partition coefficient (Wildman–Crippen LogP) is 1.49. The van der Waals surface area contributed by atoms with Gasteiger partial charge in [0, 0.05) is 19.2 Å². The van der Waals surface area contributed by atoms with Gasteiger partial charge < -0.3 is 15.0 Å². The highest BCUT2D eigenvalue weighted by Gasteiger charge is 2.15. The minimum absolute atomic E-state index is 0.522. The highest BCUT2D eigenvalue weighted by atomic mass is 16.5. The number of ether oxygens (including phenoxy) is 1. The molecule has 3 heteroatoms. The third kappa shape index (κ3) is 5.50. The smallest absolute Gasteiger partial charge is 0.0588 e. The molecular weight excluding hydrogens is 188 g/mol. The largest absolute Gasteiger partial charge is 0.378 e. The molecule has 90 valence electrons. The van der Waals surface area contributed by atoms with Crippen LogP contribution >= 0.6 is 0 Å². The average Bonchev–Trinajstić information content (AvgIpc) is 2.70. The van der Waals surface area contributed by atoms with Gasteiger partial charge in [0.05, 0.1) is 6.10 Å². The van der Waals surface area contributed by atoms with Crippen LogP contribution in [0.15, 0.2) is 0 Å². The van der Waals surface area contributed by atoms with Crippen molar-refractivity contribution in [3.63, 3.8) is 0 Å². The highest BCUT2D eigenvalue weighted by molar-refractivity contribution is 4.69. The zero-order valence-corrected chi connectivity index (χ0v) is 10.5. The molecular formula is C12H26N2O. The maximum absolute atomic E-state index is 5.59. The van der Waals surface area contributed by atoms with Gasteiger partial charge in [-0.3, -0.25) is 0 Å². The van der Waals surface area contributed by atoms with Gasteiger partial charge in [0.25, 0.3) is 0 Å². The van der Waals surface area contributed by atoms with E-state index in [2.05, 4.69) is 31.1 Å². The molecule has 1 heterocycles. The number of likely N-dealkylation sites (N-methyl/N-ethyl adjacent to an activating group) is 1. The van der Waals surface area contributed by atoms with Gasteiger partial charge in [0.1, 0.15) is 0 Å². The Morgan fingerprint density at radius 1 is 1.53 bits per heavy atom. The van der Waals surface area contributed by atoms with E-state index in [1.807, 2.05) is 0 Å². The molecule has 0 saturated carbocycles. The van der Waals surface area contributed by atoms with Crippen molar-refractivity contribution in [1.82, 2.24) is 10.2 Å². The SMILES string of the molecule is CCN(C)CC(C)NCCC1CCCO1. The minimum Gasteiger partial charge on any atom is -0.378 e. The van der Waals surface area contributed by atoms with Crippen molar-refractivity contribution in [3.05, 3.63) is 0 Å². The fourth-order valence-electron chi connectivity index (χ4n) is 2.02. The van der Waals surface area contributed by atoms with E-state index in [4.69, 9.17) is 4.74 Å². The van der Waals surface area contributed by atoms with Crippen molar-refractivity contribution in [2.45, 2.75) is 45.3 Å². The number of hydrogen-bond donors (Lipinski definition) is 1. The van der Waals surface area contributed by atoms with E-state index in [0.717, 1.165) is 26.2 Å². The molecule has 0 aromatic heterocycles. The second-order valence-electron chi connectivity index (χ2n) is 4.63. The number of hydrogen-bond acceptors (Lipinski definition) is 3. The van der Waals surface area contributed by atoms with E-state index >= 15 is 0 Å². The number of nitrogens with one attached hydrogen (secondary N) is 1. The summed E-state index contributed by atoms with van der Waals surface area (Å²) in [4.78, 5) is 2.34. The lowest BCUT2D eigenvalue weighted by Crippen LogP contribution is -2.38. The first-order chi connectivity index (χ1) is 7.22. The molecule has 0 aromatic rings. The summed E-state index contributed by atoms with van der Waals surface area (Å²) in [5.74, 6) is 0. The molecule has 0 bridgehead atoms. The van der Waals surface area contributed by atoms with Crippen LogP contribution in [0.2, 0.25) is 0 Å². The van der Waals surface area contributed by atoms with Crippen molar-refractivity contribution in [2.24, 2.45) is 0 Å². The lowest BCUT2D eigenvalue weighted by atomic mass is 10.2. The Balaban J connectivity index is 1.98. The van der Waals surface area contributed by atoms with E-state index in [1.54, 1.807) is 0 Å². The zero-order valence-electron chi connectivity index (χ0n) is 10.5. The van der Waals surface area contributed by atoms with Gasteiger partial charge in [0.2, 0.25) is 0 Å². The molecule has 3 nitrogen and oxygen atoms in total. The first-order valence-electron chi connectivity index (χ1n) is 6.26. The van der Waals surface area contributed by atoms with E-state index in [-0.39, 0.29) is 0 Å². The van der Waals surface area contributed by atoms with E-state index in [1.165, 1.54) is 19.3 Å². The van der Waals surface area contributed by atoms with Crippen LogP contribution in [0.1, 0.15) is 33.1 Å². The molecule has 2 atom stereocenters. The van der Waals surface area contributed by atoms with Crippen LogP contribution in [0.4, 0.5) is 0 Å². The molecule has 0 aliphatic carbocycles. The molecule has 0 spiro atoms. The van der Waals surface area contributed by atoms with Gasteiger partial charge in [-0.05, 0) is 46.3 Å². The van der Waals surface area contributed by atoms with Crippen molar-refractivity contribution in [1.29, 1.82) is 0 Å². The predicted molar refractivity (Wildman–Crippen MR) is 64.2 cm³/mol. The van der Waals surface area contributed by atoms with E-state index in [0.29, 0.717) is 12.1 Å². The first-order valence-corrected chi connectivity index (χ1v) is 6.26. The first kappa shape index (κ1) is 12.9. The summed E-state index contributed by atoms with van der Waals surface area (Å²) in [5.41, 5.74) is 0. The fourth-order valence-corrected chi connectivity index (χ4v) is 2.02. The third-order valence-corrected chi connectivity index (χ3v) is 3.11. The Hall–Kier alpha value is -0.120. The van der Waals surface area contributed by atoms with Crippen LogP contribution in [0, 0.1) is 0 Å². The summed E-state index contributed by atoms with van der Waals surface area (Å²) in [5, 5.41) is 3.55. The van der Waals surface area contributed by atoms with Gasteiger partial charge in [-0.1, -0.05) is 6.92 Å². The average molecular weight is 214 g/mol. The van der Waals surface area contributed by atoms with Crippen LogP contribution in [0.3, 0.4) is 0 Å². The maximum atomic E-state index is 5.59. The molecule has 1 aliphatic rings. The van der Waals surface area contributed by atoms with Crippen LogP contribution in [-0.4, -0.2) is 50.3 Å². The number of rotatable bonds is 7. The van der Waals surface area contributed by atoms with Crippen molar-refractivity contribution >= 4 is 0 Å². The van der Waals surface area contributed by atoms with Gasteiger partial charge in [-0.25, -0.2) is 0 Å². The summed E-state index contributed by atoms with van der Waals surface area (Å²) >= 11 is 0. The van der Waals surface area contributed by atoms with Crippen molar-refractivity contribution < 1.29 is 4.74 Å². The molecule has 1 saturated heterocycles. The molecule has 2 unspecified atom stereocenters. The Labute approximate surface area is 94.2 Å². The maximum Gasteiger partial charge on any atom is 0.0588 e.